The van der Waals surface area contributed by atoms with E-state index in [2.05, 4.69) is 15.6 Å². The minimum atomic E-state index is -0.563. The molecule has 1 aliphatic rings. The lowest BCUT2D eigenvalue weighted by atomic mass is 10.0. The third-order valence-electron chi connectivity index (χ3n) is 3.63. The molecule has 1 saturated carbocycles. The third kappa shape index (κ3) is 7.08. The number of guanidine groups is 1. The van der Waals surface area contributed by atoms with Crippen molar-refractivity contribution in [3.63, 3.8) is 0 Å². The molecule has 0 aromatic carbocycles. The Kier molecular flexibility index (Phi) is 9.01. The van der Waals surface area contributed by atoms with Crippen molar-refractivity contribution in [1.82, 2.24) is 10.6 Å². The number of hydrogen-bond acceptors (Lipinski definition) is 3. The summed E-state index contributed by atoms with van der Waals surface area (Å²) < 4.78 is 5.35. The molecule has 0 aromatic heterocycles. The van der Waals surface area contributed by atoms with Crippen molar-refractivity contribution in [2.45, 2.75) is 57.7 Å². The lowest BCUT2D eigenvalue weighted by molar-refractivity contribution is 0.0309. The van der Waals surface area contributed by atoms with Crippen molar-refractivity contribution in [3.05, 3.63) is 0 Å². The Morgan fingerprint density at radius 2 is 1.90 bits per heavy atom. The van der Waals surface area contributed by atoms with Crippen LogP contribution in [0.25, 0.3) is 0 Å². The highest BCUT2D eigenvalue weighted by molar-refractivity contribution is 14.0. The van der Waals surface area contributed by atoms with Gasteiger partial charge in [0.2, 0.25) is 0 Å². The van der Waals surface area contributed by atoms with Gasteiger partial charge in [0, 0.05) is 20.2 Å². The molecular weight excluding hydrogens is 369 g/mol. The van der Waals surface area contributed by atoms with Crippen LogP contribution in [0.15, 0.2) is 4.99 Å². The van der Waals surface area contributed by atoms with Crippen molar-refractivity contribution in [2.24, 2.45) is 4.99 Å². The number of nitrogens with one attached hydrogen (secondary N) is 2. The standard InChI is InChI=1S/C14H29N3O2.HI/c1-5-15-12(16-10-13(2,3)19-4)17-11-14(18)8-6-7-9-14;/h18H,5-11H2,1-4H3,(H2,15,16,17);1H. The largest absolute Gasteiger partial charge is 0.388 e. The first-order valence-corrected chi connectivity index (χ1v) is 7.20. The van der Waals surface area contributed by atoms with E-state index in [4.69, 9.17) is 4.74 Å². The van der Waals surface area contributed by atoms with Gasteiger partial charge < -0.3 is 20.5 Å². The summed E-state index contributed by atoms with van der Waals surface area (Å²) >= 11 is 0. The van der Waals surface area contributed by atoms with Crippen LogP contribution in [0, 0.1) is 0 Å². The van der Waals surface area contributed by atoms with Gasteiger partial charge in [-0.3, -0.25) is 4.99 Å². The Balaban J connectivity index is 0.00000361. The van der Waals surface area contributed by atoms with Crippen LogP contribution >= 0.6 is 24.0 Å². The number of ether oxygens (including phenoxy) is 1. The summed E-state index contributed by atoms with van der Waals surface area (Å²) in [5.41, 5.74) is -0.834. The number of halogens is 1. The molecular formula is C14H30IN3O2. The number of hydrogen-bond donors (Lipinski definition) is 3. The highest BCUT2D eigenvalue weighted by Crippen LogP contribution is 2.28. The molecule has 3 N–H and O–H groups in total. The second kappa shape index (κ2) is 9.04. The van der Waals surface area contributed by atoms with E-state index in [1.807, 2.05) is 20.8 Å². The Hall–Kier alpha value is -0.0800. The van der Waals surface area contributed by atoms with Crippen LogP contribution in [0.3, 0.4) is 0 Å². The van der Waals surface area contributed by atoms with Crippen LogP contribution in [0.1, 0.15) is 46.5 Å². The van der Waals surface area contributed by atoms with Crippen molar-refractivity contribution >= 4 is 29.9 Å². The van der Waals surface area contributed by atoms with E-state index in [0.717, 1.165) is 38.2 Å². The van der Waals surface area contributed by atoms with E-state index >= 15 is 0 Å². The van der Waals surface area contributed by atoms with Crippen LogP contribution in [0.4, 0.5) is 0 Å². The molecule has 5 nitrogen and oxygen atoms in total. The zero-order chi connectivity index (χ0) is 14.4. The second-order valence-electron chi connectivity index (χ2n) is 5.94. The van der Waals surface area contributed by atoms with E-state index in [1.54, 1.807) is 7.11 Å². The predicted molar refractivity (Wildman–Crippen MR) is 93.9 cm³/mol. The van der Waals surface area contributed by atoms with Gasteiger partial charge in [-0.25, -0.2) is 0 Å². The Morgan fingerprint density at radius 3 is 2.40 bits per heavy atom. The molecule has 20 heavy (non-hydrogen) atoms. The first-order chi connectivity index (χ1) is 8.91. The quantitative estimate of drug-likeness (QED) is 0.363. The lowest BCUT2D eigenvalue weighted by Crippen LogP contribution is -2.46. The molecule has 6 heteroatoms. The van der Waals surface area contributed by atoms with E-state index in [9.17, 15) is 5.11 Å². The first kappa shape index (κ1) is 19.9. The van der Waals surface area contributed by atoms with Crippen LogP contribution in [-0.2, 0) is 4.74 Å². The van der Waals surface area contributed by atoms with Crippen molar-refractivity contribution in [3.8, 4) is 0 Å². The smallest absolute Gasteiger partial charge is 0.191 e. The maximum Gasteiger partial charge on any atom is 0.191 e. The van der Waals surface area contributed by atoms with Crippen molar-refractivity contribution < 1.29 is 9.84 Å². The van der Waals surface area contributed by atoms with Crippen LogP contribution in [0.5, 0.6) is 0 Å². The van der Waals surface area contributed by atoms with Gasteiger partial charge in [0.05, 0.1) is 17.7 Å². The zero-order valence-electron chi connectivity index (χ0n) is 13.2. The molecule has 0 aromatic rings. The molecule has 0 unspecified atom stereocenters. The van der Waals surface area contributed by atoms with Gasteiger partial charge in [-0.15, -0.1) is 24.0 Å². The van der Waals surface area contributed by atoms with Gasteiger partial charge in [-0.1, -0.05) is 12.8 Å². The fourth-order valence-corrected chi connectivity index (χ4v) is 2.13. The maximum absolute atomic E-state index is 10.3. The summed E-state index contributed by atoms with van der Waals surface area (Å²) in [6.07, 6.45) is 3.98. The van der Waals surface area contributed by atoms with Crippen LogP contribution < -0.4 is 10.6 Å². The summed E-state index contributed by atoms with van der Waals surface area (Å²) in [6.45, 7) is 7.99. The summed E-state index contributed by atoms with van der Waals surface area (Å²) in [7, 11) is 1.69. The van der Waals surface area contributed by atoms with Gasteiger partial charge in [0.1, 0.15) is 0 Å². The molecule has 1 rings (SSSR count). The van der Waals surface area contributed by atoms with E-state index < -0.39 is 5.60 Å². The minimum Gasteiger partial charge on any atom is -0.388 e. The molecule has 0 aliphatic heterocycles. The molecule has 0 atom stereocenters. The average Bonchev–Trinajstić information content (AvgIpc) is 2.80. The van der Waals surface area contributed by atoms with E-state index in [0.29, 0.717) is 13.1 Å². The molecule has 0 amide bonds. The van der Waals surface area contributed by atoms with Gasteiger partial charge >= 0.3 is 0 Å². The molecule has 0 bridgehead atoms. The van der Waals surface area contributed by atoms with Crippen molar-refractivity contribution in [2.75, 3.05) is 26.7 Å². The fourth-order valence-electron chi connectivity index (χ4n) is 2.13. The highest BCUT2D eigenvalue weighted by Gasteiger charge is 2.31. The van der Waals surface area contributed by atoms with Gasteiger partial charge in [-0.05, 0) is 33.6 Å². The minimum absolute atomic E-state index is 0. The first-order valence-electron chi connectivity index (χ1n) is 7.20. The summed E-state index contributed by atoms with van der Waals surface area (Å²) in [5.74, 6) is 0.743. The Labute approximate surface area is 140 Å². The molecule has 1 fully saturated rings. The molecule has 0 saturated heterocycles. The average molecular weight is 399 g/mol. The van der Waals surface area contributed by atoms with Gasteiger partial charge in [-0.2, -0.15) is 0 Å². The normalized spacial score (nSPS) is 18.6. The van der Waals surface area contributed by atoms with E-state index in [1.165, 1.54) is 0 Å². The topological polar surface area (TPSA) is 65.9 Å². The maximum atomic E-state index is 10.3. The fraction of sp³-hybridized carbons (Fsp3) is 0.929. The molecule has 0 heterocycles. The Bertz CT molecular complexity index is 303. The van der Waals surface area contributed by atoms with Crippen LogP contribution in [0.2, 0.25) is 0 Å². The number of rotatable bonds is 6. The summed E-state index contributed by atoms with van der Waals surface area (Å²) in [6, 6.07) is 0. The lowest BCUT2D eigenvalue weighted by Gasteiger charge is -2.25. The van der Waals surface area contributed by atoms with Crippen molar-refractivity contribution in [1.29, 1.82) is 0 Å². The van der Waals surface area contributed by atoms with Gasteiger partial charge in [0.25, 0.3) is 0 Å². The highest BCUT2D eigenvalue weighted by atomic mass is 127. The third-order valence-corrected chi connectivity index (χ3v) is 3.63. The second-order valence-corrected chi connectivity index (χ2v) is 5.94. The number of aliphatic hydroxyl groups is 1. The molecule has 120 valence electrons. The zero-order valence-corrected chi connectivity index (χ0v) is 15.5. The number of aliphatic imine (C=N–C) groups is 1. The van der Waals surface area contributed by atoms with Gasteiger partial charge in [0.15, 0.2) is 5.96 Å². The predicted octanol–water partition coefficient (Wildman–Crippen LogP) is 1.89. The van der Waals surface area contributed by atoms with E-state index in [-0.39, 0.29) is 29.6 Å². The number of nitrogens with zero attached hydrogens (tertiary/aromatic N) is 1. The molecule has 0 radical (unpaired) electrons. The monoisotopic (exact) mass is 399 g/mol. The van der Waals surface area contributed by atoms with Crippen LogP contribution in [-0.4, -0.2) is 49.0 Å². The Morgan fingerprint density at radius 1 is 1.30 bits per heavy atom. The summed E-state index contributed by atoms with van der Waals surface area (Å²) in [4.78, 5) is 4.51. The number of methoxy groups -OCH3 is 1. The molecule has 1 aliphatic carbocycles. The summed E-state index contributed by atoms with van der Waals surface area (Å²) in [5, 5.41) is 16.7. The molecule has 0 spiro atoms. The SMILES string of the molecule is CCNC(=NCC(C)(C)OC)NCC1(O)CCCC1.I.